The summed E-state index contributed by atoms with van der Waals surface area (Å²) in [6.07, 6.45) is 0. The van der Waals surface area contributed by atoms with Crippen LogP contribution in [0.5, 0.6) is 11.5 Å². The van der Waals surface area contributed by atoms with Gasteiger partial charge >= 0.3 is 5.69 Å². The Morgan fingerprint density at radius 2 is 1.96 bits per heavy atom. The molecule has 0 heterocycles. The first kappa shape index (κ1) is 19.2. The van der Waals surface area contributed by atoms with Gasteiger partial charge in [-0.2, -0.15) is 0 Å². The lowest BCUT2D eigenvalue weighted by atomic mass is 10.1. The average molecular weight is 362 g/mol. The van der Waals surface area contributed by atoms with Gasteiger partial charge in [0.2, 0.25) is 0 Å². The molecule has 8 heteroatoms. The van der Waals surface area contributed by atoms with Crippen molar-refractivity contribution in [2.24, 2.45) is 0 Å². The maximum absolute atomic E-state index is 13.8. The summed E-state index contributed by atoms with van der Waals surface area (Å²) in [5, 5.41) is 13.8. The van der Waals surface area contributed by atoms with Crippen LogP contribution in [0.1, 0.15) is 35.8 Å². The van der Waals surface area contributed by atoms with Gasteiger partial charge in [0.1, 0.15) is 0 Å². The molecule has 0 bridgehead atoms. The molecule has 0 aliphatic rings. The Labute approximate surface area is 149 Å². The van der Waals surface area contributed by atoms with E-state index >= 15 is 0 Å². The van der Waals surface area contributed by atoms with Gasteiger partial charge in [-0.15, -0.1) is 0 Å². The molecule has 7 nitrogen and oxygen atoms in total. The minimum absolute atomic E-state index is 0.0966. The standard InChI is InChI=1S/C18H19FN2O5/c1-4-26-17-8-6-13(10-15(17)21(23)24)18(22)20-11(2)12-5-7-16(25-3)14(19)9-12/h5-11H,4H2,1-3H3,(H,20,22). The van der Waals surface area contributed by atoms with Crippen molar-refractivity contribution in [2.45, 2.75) is 19.9 Å². The van der Waals surface area contributed by atoms with E-state index in [9.17, 15) is 19.3 Å². The number of hydrogen-bond acceptors (Lipinski definition) is 5. The predicted octanol–water partition coefficient (Wildman–Crippen LogP) is 3.63. The molecule has 0 aliphatic carbocycles. The highest BCUT2D eigenvalue weighted by atomic mass is 19.1. The zero-order chi connectivity index (χ0) is 19.3. The smallest absolute Gasteiger partial charge is 0.311 e. The zero-order valence-electron chi connectivity index (χ0n) is 14.6. The van der Waals surface area contributed by atoms with Crippen molar-refractivity contribution >= 4 is 11.6 Å². The van der Waals surface area contributed by atoms with Gasteiger partial charge in [0.15, 0.2) is 17.3 Å². The van der Waals surface area contributed by atoms with Crippen molar-refractivity contribution < 1.29 is 23.6 Å². The van der Waals surface area contributed by atoms with Crippen LogP contribution in [0.4, 0.5) is 10.1 Å². The molecule has 1 amide bonds. The van der Waals surface area contributed by atoms with E-state index in [1.54, 1.807) is 19.9 Å². The first-order valence-electron chi connectivity index (χ1n) is 7.92. The number of methoxy groups -OCH3 is 1. The molecule has 1 unspecified atom stereocenters. The number of hydrogen-bond donors (Lipinski definition) is 1. The summed E-state index contributed by atoms with van der Waals surface area (Å²) >= 11 is 0. The van der Waals surface area contributed by atoms with E-state index in [0.29, 0.717) is 5.56 Å². The maximum Gasteiger partial charge on any atom is 0.311 e. The lowest BCUT2D eigenvalue weighted by molar-refractivity contribution is -0.385. The number of carbonyl (C=O) groups excluding carboxylic acids is 1. The molecule has 0 spiro atoms. The third-order valence-electron chi connectivity index (χ3n) is 3.74. The van der Waals surface area contributed by atoms with Gasteiger partial charge < -0.3 is 14.8 Å². The van der Waals surface area contributed by atoms with E-state index in [4.69, 9.17) is 9.47 Å². The molecule has 0 fully saturated rings. The van der Waals surface area contributed by atoms with Crippen LogP contribution in [0, 0.1) is 15.9 Å². The predicted molar refractivity (Wildman–Crippen MR) is 93.1 cm³/mol. The summed E-state index contributed by atoms with van der Waals surface area (Å²) in [7, 11) is 1.36. The van der Waals surface area contributed by atoms with Crippen molar-refractivity contribution in [1.29, 1.82) is 0 Å². The van der Waals surface area contributed by atoms with Gasteiger partial charge in [-0.1, -0.05) is 6.07 Å². The van der Waals surface area contributed by atoms with Gasteiger partial charge in [-0.05, 0) is 43.7 Å². The minimum atomic E-state index is -0.607. The Balaban J connectivity index is 2.20. The first-order chi connectivity index (χ1) is 12.4. The first-order valence-corrected chi connectivity index (χ1v) is 7.92. The van der Waals surface area contributed by atoms with E-state index in [1.165, 1.54) is 31.4 Å². The lowest BCUT2D eigenvalue weighted by Crippen LogP contribution is -2.26. The van der Waals surface area contributed by atoms with Crippen molar-refractivity contribution in [3.8, 4) is 11.5 Å². The second-order valence-corrected chi connectivity index (χ2v) is 5.46. The quantitative estimate of drug-likeness (QED) is 0.600. The third-order valence-corrected chi connectivity index (χ3v) is 3.74. The van der Waals surface area contributed by atoms with Crippen LogP contribution in [-0.4, -0.2) is 24.5 Å². The molecular formula is C18H19FN2O5. The highest BCUT2D eigenvalue weighted by Gasteiger charge is 2.20. The van der Waals surface area contributed by atoms with Gasteiger partial charge in [-0.25, -0.2) is 4.39 Å². The molecule has 26 heavy (non-hydrogen) atoms. The van der Waals surface area contributed by atoms with Crippen molar-refractivity contribution in [1.82, 2.24) is 5.32 Å². The van der Waals surface area contributed by atoms with E-state index in [2.05, 4.69) is 5.32 Å². The summed E-state index contributed by atoms with van der Waals surface area (Å²) in [6.45, 7) is 3.66. The molecule has 0 saturated heterocycles. The second kappa shape index (κ2) is 8.28. The van der Waals surface area contributed by atoms with Gasteiger partial charge in [0.05, 0.1) is 24.7 Å². The van der Waals surface area contributed by atoms with Crippen LogP contribution in [-0.2, 0) is 0 Å². The molecule has 2 rings (SSSR count). The summed E-state index contributed by atoms with van der Waals surface area (Å²) < 4.78 is 23.9. The fourth-order valence-corrected chi connectivity index (χ4v) is 2.39. The van der Waals surface area contributed by atoms with Crippen molar-refractivity contribution in [2.75, 3.05) is 13.7 Å². The number of nitro groups is 1. The van der Waals surface area contributed by atoms with Crippen LogP contribution >= 0.6 is 0 Å². The van der Waals surface area contributed by atoms with Crippen LogP contribution < -0.4 is 14.8 Å². The monoisotopic (exact) mass is 362 g/mol. The number of amides is 1. The largest absolute Gasteiger partial charge is 0.494 e. The van der Waals surface area contributed by atoms with E-state index in [-0.39, 0.29) is 29.4 Å². The summed E-state index contributed by atoms with van der Waals surface area (Å²) in [5.41, 5.74) is 0.362. The Morgan fingerprint density at radius 1 is 1.27 bits per heavy atom. The van der Waals surface area contributed by atoms with Crippen LogP contribution in [0.3, 0.4) is 0 Å². The van der Waals surface area contributed by atoms with Crippen LogP contribution in [0.2, 0.25) is 0 Å². The van der Waals surface area contributed by atoms with Crippen LogP contribution in [0.25, 0.3) is 0 Å². The number of nitro benzene ring substituents is 1. The van der Waals surface area contributed by atoms with Gasteiger partial charge in [0, 0.05) is 11.6 Å². The Morgan fingerprint density at radius 3 is 2.54 bits per heavy atom. The molecule has 0 radical (unpaired) electrons. The molecule has 2 aromatic rings. The van der Waals surface area contributed by atoms with Crippen molar-refractivity contribution in [3.05, 3.63) is 63.5 Å². The molecule has 1 atom stereocenters. The Kier molecular flexibility index (Phi) is 6.11. The van der Waals surface area contributed by atoms with E-state index < -0.39 is 22.7 Å². The summed E-state index contributed by atoms with van der Waals surface area (Å²) in [5.74, 6) is -0.851. The molecule has 138 valence electrons. The minimum Gasteiger partial charge on any atom is -0.494 e. The van der Waals surface area contributed by atoms with Gasteiger partial charge in [-0.3, -0.25) is 14.9 Å². The number of halogens is 1. The highest BCUT2D eigenvalue weighted by Crippen LogP contribution is 2.28. The molecule has 1 N–H and O–H groups in total. The lowest BCUT2D eigenvalue weighted by Gasteiger charge is -2.15. The average Bonchev–Trinajstić information content (AvgIpc) is 2.61. The molecule has 0 aliphatic heterocycles. The van der Waals surface area contributed by atoms with Crippen LogP contribution in [0.15, 0.2) is 36.4 Å². The Hall–Kier alpha value is -3.16. The SMILES string of the molecule is CCOc1ccc(C(=O)NC(C)c2ccc(OC)c(F)c2)cc1[N+](=O)[O-]. The summed E-state index contributed by atoms with van der Waals surface area (Å²) in [6, 6.07) is 7.84. The zero-order valence-corrected chi connectivity index (χ0v) is 14.6. The third kappa shape index (κ3) is 4.27. The van der Waals surface area contributed by atoms with E-state index in [0.717, 1.165) is 6.07 Å². The highest BCUT2D eigenvalue weighted by molar-refractivity contribution is 5.95. The topological polar surface area (TPSA) is 90.7 Å². The van der Waals surface area contributed by atoms with Crippen molar-refractivity contribution in [3.63, 3.8) is 0 Å². The van der Waals surface area contributed by atoms with E-state index in [1.807, 2.05) is 0 Å². The Bertz CT molecular complexity index is 825. The molecule has 2 aromatic carbocycles. The van der Waals surface area contributed by atoms with Gasteiger partial charge in [0.25, 0.3) is 5.91 Å². The molecular weight excluding hydrogens is 343 g/mol. The normalized spacial score (nSPS) is 11.5. The molecule has 0 aromatic heterocycles. The number of ether oxygens (including phenoxy) is 2. The number of nitrogens with one attached hydrogen (secondary N) is 1. The number of carbonyl (C=O) groups is 1. The molecule has 0 saturated carbocycles. The number of nitrogens with zero attached hydrogens (tertiary/aromatic N) is 1. The fourth-order valence-electron chi connectivity index (χ4n) is 2.39. The number of benzene rings is 2. The summed E-state index contributed by atoms with van der Waals surface area (Å²) in [4.78, 5) is 22.9. The number of rotatable bonds is 7. The fraction of sp³-hybridized carbons (Fsp3) is 0.278. The maximum atomic E-state index is 13.8. The second-order valence-electron chi connectivity index (χ2n) is 5.46.